The lowest BCUT2D eigenvalue weighted by molar-refractivity contribution is -0.757. The van der Waals surface area contributed by atoms with Crippen LogP contribution in [-0.2, 0) is 62.6 Å². The predicted molar refractivity (Wildman–Crippen MR) is 258 cm³/mol. The molecule has 0 bridgehead atoms. The Morgan fingerprint density at radius 1 is 0.493 bits per heavy atom. The van der Waals surface area contributed by atoms with Gasteiger partial charge in [-0.05, 0) is 85.0 Å². The molecule has 0 unspecified atom stereocenters. The van der Waals surface area contributed by atoms with Gasteiger partial charge in [-0.3, -0.25) is 9.59 Å². The fourth-order valence-electron chi connectivity index (χ4n) is 6.53. The molecule has 0 amide bonds. The van der Waals surface area contributed by atoms with Crippen molar-refractivity contribution >= 4 is 65.8 Å². The molecule has 0 aliphatic carbocycles. The summed E-state index contributed by atoms with van der Waals surface area (Å²) < 4.78 is 68.9. The summed E-state index contributed by atoms with van der Waals surface area (Å²) in [4.78, 5) is 64.2. The maximum absolute atomic E-state index is 13.2. The van der Waals surface area contributed by atoms with E-state index in [0.717, 1.165) is 25.4 Å². The maximum atomic E-state index is 13.2. The first-order valence-electron chi connectivity index (χ1n) is 22.0. The van der Waals surface area contributed by atoms with E-state index in [-0.39, 0.29) is 60.6 Å². The fourth-order valence-corrected chi connectivity index (χ4v) is 7.79. The summed E-state index contributed by atoms with van der Waals surface area (Å²) in [5, 5.41) is 18.2. The molecule has 4 aromatic rings. The molecule has 0 aliphatic heterocycles. The highest BCUT2D eigenvalue weighted by Crippen LogP contribution is 2.31. The second kappa shape index (κ2) is 29.2. The summed E-state index contributed by atoms with van der Waals surface area (Å²) in [6, 6.07) is 29.7. The second-order valence-corrected chi connectivity index (χ2v) is 19.5. The highest BCUT2D eigenvalue weighted by Gasteiger charge is 2.24. The topological polar surface area (TPSA) is 246 Å². The van der Waals surface area contributed by atoms with Crippen molar-refractivity contribution in [2.75, 3.05) is 52.2 Å². The van der Waals surface area contributed by atoms with Gasteiger partial charge in [0.05, 0.1) is 40.8 Å². The predicted octanol–water partition coefficient (Wildman–Crippen LogP) is 7.54. The van der Waals surface area contributed by atoms with Gasteiger partial charge in [0.15, 0.2) is 19.7 Å². The number of ether oxygens (including phenoxy) is 4. The lowest BCUT2D eigenvalue weighted by atomic mass is 9.95. The highest BCUT2D eigenvalue weighted by molar-refractivity contribution is 7.91. The smallest absolute Gasteiger partial charge is 0.339 e. The molecule has 17 nitrogen and oxygen atoms in total. The van der Waals surface area contributed by atoms with Gasteiger partial charge in [0, 0.05) is 44.1 Å². The van der Waals surface area contributed by atoms with E-state index in [2.05, 4.69) is 4.84 Å². The van der Waals surface area contributed by atoms with Crippen LogP contribution in [-0.4, -0.2) is 103 Å². The Hall–Kier alpha value is -6.70. The molecule has 0 saturated heterocycles. The van der Waals surface area contributed by atoms with Gasteiger partial charge in [-0.25, -0.2) is 26.4 Å². The van der Waals surface area contributed by atoms with Gasteiger partial charge in [-0.2, -0.15) is 0 Å². The average molecular weight is 994 g/mol. The Bertz CT molecular complexity index is 2590. The molecule has 372 valence electrons. The molecule has 0 fully saturated rings. The minimum Gasteiger partial charge on any atom is -0.462 e. The first-order chi connectivity index (χ1) is 32.8. The van der Waals surface area contributed by atoms with Crippen LogP contribution >= 0.6 is 0 Å². The van der Waals surface area contributed by atoms with E-state index in [1.165, 1.54) is 38.1 Å². The summed E-state index contributed by atoms with van der Waals surface area (Å²) >= 11 is 0. The third-order valence-electron chi connectivity index (χ3n) is 9.99. The SMILES string of the molecule is CC(=O)OC/C(=C(\C(=O)OCCCCCCO)c1ccccc1)c1ccc(S(C)(=O)=O)cc1.CC(=O)OC/C(=C(\C(=O)OCCCCCCO[N+](=O)[O-])c1ccccc1)c1ccc(S(C)(=O)=O)cc1. The molecular weight excluding hydrogens is 935 g/mol. The van der Waals surface area contributed by atoms with Crippen LogP contribution in [0.5, 0.6) is 0 Å². The first kappa shape index (κ1) is 56.6. The number of hydrogen-bond acceptors (Lipinski definition) is 16. The summed E-state index contributed by atoms with van der Waals surface area (Å²) in [5.74, 6) is -2.23. The van der Waals surface area contributed by atoms with E-state index in [0.29, 0.717) is 71.9 Å². The van der Waals surface area contributed by atoms with Crippen LogP contribution in [0.4, 0.5) is 0 Å². The van der Waals surface area contributed by atoms with Crippen molar-refractivity contribution < 1.29 is 70.0 Å². The van der Waals surface area contributed by atoms with Crippen molar-refractivity contribution in [3.8, 4) is 0 Å². The highest BCUT2D eigenvalue weighted by atomic mass is 32.2. The zero-order valence-corrected chi connectivity index (χ0v) is 40.8. The average Bonchev–Trinajstić information content (AvgIpc) is 3.31. The lowest BCUT2D eigenvalue weighted by Crippen LogP contribution is -2.14. The molecule has 69 heavy (non-hydrogen) atoms. The lowest BCUT2D eigenvalue weighted by Gasteiger charge is -2.16. The number of carbonyl (C=O) groups excluding carboxylic acids is 4. The van der Waals surface area contributed by atoms with Crippen LogP contribution in [0, 0.1) is 10.1 Å². The second-order valence-electron chi connectivity index (χ2n) is 15.5. The van der Waals surface area contributed by atoms with Crippen molar-refractivity contribution in [1.29, 1.82) is 0 Å². The number of hydrogen-bond donors (Lipinski definition) is 1. The monoisotopic (exact) mass is 993 g/mol. The van der Waals surface area contributed by atoms with Gasteiger partial charge < -0.3 is 28.9 Å². The van der Waals surface area contributed by atoms with Crippen LogP contribution < -0.4 is 0 Å². The van der Waals surface area contributed by atoms with Gasteiger partial charge >= 0.3 is 23.9 Å². The molecule has 0 aliphatic rings. The molecular formula is C50H59NO16S2. The number of unbranched alkanes of at least 4 members (excludes halogenated alkanes) is 6. The molecule has 4 rings (SSSR count). The quantitative estimate of drug-likeness (QED) is 0.0121. The standard InChI is InChI=1S/C25H29NO9S.C25H30O7S/c1-19(27)34-18-23(20-12-14-22(15-13-20)36(2,31)32)24(21-10-6-5-7-11-21)25(28)33-16-8-3-4-9-17-35-26(29)30;1-19(27)32-18-23(20-12-14-22(15-13-20)33(2,29)30)24(21-10-6-5-7-11-21)25(28)31-17-9-4-3-8-16-26/h5-7,10-15H,3-4,8-9,16-18H2,1-2H3;5-7,10-15,26H,3-4,8-9,16-18H2,1-2H3/b2*24-23+. The Morgan fingerprint density at radius 3 is 1.16 bits per heavy atom. The molecule has 4 aromatic carbocycles. The Morgan fingerprint density at radius 2 is 0.841 bits per heavy atom. The maximum Gasteiger partial charge on any atom is 0.339 e. The van der Waals surface area contributed by atoms with Crippen molar-refractivity contribution in [2.24, 2.45) is 0 Å². The number of esters is 4. The van der Waals surface area contributed by atoms with Gasteiger partial charge in [0.25, 0.3) is 5.09 Å². The van der Waals surface area contributed by atoms with E-state index in [4.69, 9.17) is 24.1 Å². The van der Waals surface area contributed by atoms with Crippen molar-refractivity contribution in [3.63, 3.8) is 0 Å². The van der Waals surface area contributed by atoms with Gasteiger partial charge in [-0.1, -0.05) is 97.8 Å². The molecule has 0 heterocycles. The van der Waals surface area contributed by atoms with Crippen molar-refractivity contribution in [2.45, 2.75) is 75.0 Å². The number of benzene rings is 4. The number of aliphatic hydroxyl groups excluding tert-OH is 1. The summed E-state index contributed by atoms with van der Waals surface area (Å²) in [6.07, 6.45) is 7.68. The third-order valence-corrected chi connectivity index (χ3v) is 12.2. The van der Waals surface area contributed by atoms with E-state index in [1.807, 2.05) is 6.07 Å². The Kier molecular flexibility index (Phi) is 24.0. The summed E-state index contributed by atoms with van der Waals surface area (Å²) in [6.45, 7) is 2.63. The Labute approximate surface area is 403 Å². The van der Waals surface area contributed by atoms with E-state index in [1.54, 1.807) is 78.9 Å². The fraction of sp³-hybridized carbons (Fsp3) is 0.360. The third kappa shape index (κ3) is 20.6. The molecule has 0 saturated carbocycles. The summed E-state index contributed by atoms with van der Waals surface area (Å²) in [5.41, 5.74) is 3.43. The first-order valence-corrected chi connectivity index (χ1v) is 25.8. The summed E-state index contributed by atoms with van der Waals surface area (Å²) in [7, 11) is -6.81. The number of rotatable bonds is 26. The van der Waals surface area contributed by atoms with Gasteiger partial charge in [0.2, 0.25) is 0 Å². The van der Waals surface area contributed by atoms with Gasteiger partial charge in [-0.15, -0.1) is 10.1 Å². The van der Waals surface area contributed by atoms with Crippen molar-refractivity contribution in [3.05, 3.63) is 142 Å². The minimum atomic E-state index is -3.42. The van der Waals surface area contributed by atoms with Crippen LogP contribution in [0.1, 0.15) is 87.5 Å². The van der Waals surface area contributed by atoms with E-state index < -0.39 is 48.6 Å². The number of aliphatic hydroxyl groups is 1. The van der Waals surface area contributed by atoms with Crippen LogP contribution in [0.25, 0.3) is 22.3 Å². The zero-order chi connectivity index (χ0) is 50.8. The van der Waals surface area contributed by atoms with Crippen LogP contribution in [0.3, 0.4) is 0 Å². The van der Waals surface area contributed by atoms with Crippen LogP contribution in [0.2, 0.25) is 0 Å². The normalized spacial score (nSPS) is 12.0. The van der Waals surface area contributed by atoms with Crippen molar-refractivity contribution in [1.82, 2.24) is 0 Å². The molecule has 0 atom stereocenters. The minimum absolute atomic E-state index is 0.0192. The molecule has 1 N–H and O–H groups in total. The number of carbonyl (C=O) groups is 4. The van der Waals surface area contributed by atoms with Crippen LogP contribution in [0.15, 0.2) is 119 Å². The molecule has 0 radical (unpaired) electrons. The number of nitrogens with zero attached hydrogens (tertiary/aromatic N) is 1. The Balaban J connectivity index is 0.000000367. The van der Waals surface area contributed by atoms with E-state index >= 15 is 0 Å². The molecule has 0 spiro atoms. The zero-order valence-electron chi connectivity index (χ0n) is 39.1. The van der Waals surface area contributed by atoms with E-state index in [9.17, 15) is 46.1 Å². The number of sulfone groups is 2. The largest absolute Gasteiger partial charge is 0.462 e. The molecule has 19 heteroatoms. The van der Waals surface area contributed by atoms with Gasteiger partial charge in [0.1, 0.15) is 13.2 Å². The molecule has 0 aromatic heterocycles.